The van der Waals surface area contributed by atoms with Crippen molar-refractivity contribution >= 4 is 10.9 Å². The van der Waals surface area contributed by atoms with Gasteiger partial charge in [0.15, 0.2) is 0 Å². The summed E-state index contributed by atoms with van der Waals surface area (Å²) in [7, 11) is 0. The van der Waals surface area contributed by atoms with Gasteiger partial charge in [0.05, 0.1) is 16.9 Å². The van der Waals surface area contributed by atoms with Gasteiger partial charge in [-0.3, -0.25) is 9.69 Å². The Kier molecular flexibility index (Phi) is 4.34. The molecule has 3 rings (SSSR count). The SMILES string of the molecule is C[C@H](c1nc2ccccc2c(=O)[nH]1)N1CCCCCCC1. The summed E-state index contributed by atoms with van der Waals surface area (Å²) in [5, 5.41) is 0.668. The molecule has 1 atom stereocenters. The zero-order valence-electron chi connectivity index (χ0n) is 12.6. The molecule has 0 unspecified atom stereocenters. The van der Waals surface area contributed by atoms with Crippen LogP contribution < -0.4 is 5.56 Å². The number of rotatable bonds is 2. The number of benzene rings is 1. The molecule has 0 spiro atoms. The average Bonchev–Trinajstić information content (AvgIpc) is 2.46. The lowest BCUT2D eigenvalue weighted by Gasteiger charge is -2.29. The van der Waals surface area contributed by atoms with Crippen LogP contribution in [0.3, 0.4) is 0 Å². The molecule has 0 bridgehead atoms. The van der Waals surface area contributed by atoms with Crippen LogP contribution in [0.1, 0.15) is 50.9 Å². The topological polar surface area (TPSA) is 49.0 Å². The van der Waals surface area contributed by atoms with Crippen LogP contribution in [0.5, 0.6) is 0 Å². The van der Waals surface area contributed by atoms with Gasteiger partial charge >= 0.3 is 0 Å². The van der Waals surface area contributed by atoms with E-state index in [1.165, 1.54) is 32.1 Å². The monoisotopic (exact) mass is 285 g/mol. The number of nitrogens with one attached hydrogen (secondary N) is 1. The number of nitrogens with zero attached hydrogens (tertiary/aromatic N) is 2. The zero-order valence-corrected chi connectivity index (χ0v) is 12.6. The average molecular weight is 285 g/mol. The van der Waals surface area contributed by atoms with Crippen molar-refractivity contribution in [3.05, 3.63) is 40.4 Å². The molecule has 2 aromatic rings. The summed E-state index contributed by atoms with van der Waals surface area (Å²) in [6.07, 6.45) is 6.45. The standard InChI is InChI=1S/C17H23N3O/c1-13(20-11-7-3-2-4-8-12-20)16-18-15-10-6-5-9-14(15)17(21)19-16/h5-6,9-10,13H,2-4,7-8,11-12H2,1H3,(H,18,19,21)/t13-/m1/s1. The smallest absolute Gasteiger partial charge is 0.258 e. The molecule has 1 aromatic heterocycles. The molecular weight excluding hydrogens is 262 g/mol. The van der Waals surface area contributed by atoms with E-state index in [1.54, 1.807) is 0 Å². The molecule has 0 saturated carbocycles. The summed E-state index contributed by atoms with van der Waals surface area (Å²) in [5.74, 6) is 0.791. The van der Waals surface area contributed by atoms with Crippen molar-refractivity contribution in [1.82, 2.24) is 14.9 Å². The van der Waals surface area contributed by atoms with Crippen LogP contribution in [-0.4, -0.2) is 28.0 Å². The minimum Gasteiger partial charge on any atom is -0.309 e. The van der Waals surface area contributed by atoms with Crippen LogP contribution in [0.25, 0.3) is 10.9 Å². The molecule has 21 heavy (non-hydrogen) atoms. The van der Waals surface area contributed by atoms with Crippen LogP contribution >= 0.6 is 0 Å². The number of H-pyrrole nitrogens is 1. The Labute approximate surface area is 125 Å². The third-order valence-corrected chi connectivity index (χ3v) is 4.47. The summed E-state index contributed by atoms with van der Waals surface area (Å²) in [6.45, 7) is 4.34. The van der Waals surface area contributed by atoms with Crippen LogP contribution in [0.2, 0.25) is 0 Å². The Morgan fingerprint density at radius 2 is 1.76 bits per heavy atom. The zero-order chi connectivity index (χ0) is 14.7. The predicted octanol–water partition coefficient (Wildman–Crippen LogP) is 3.25. The molecule has 112 valence electrons. The first kappa shape index (κ1) is 14.3. The fourth-order valence-corrected chi connectivity index (χ4v) is 3.13. The number of aromatic nitrogens is 2. The lowest BCUT2D eigenvalue weighted by molar-refractivity contribution is 0.185. The minimum atomic E-state index is -0.0329. The molecule has 4 nitrogen and oxygen atoms in total. The van der Waals surface area contributed by atoms with E-state index >= 15 is 0 Å². The van der Waals surface area contributed by atoms with E-state index in [1.807, 2.05) is 24.3 Å². The van der Waals surface area contributed by atoms with Crippen molar-refractivity contribution in [3.63, 3.8) is 0 Å². The Bertz CT molecular complexity index is 656. The largest absolute Gasteiger partial charge is 0.309 e. The van der Waals surface area contributed by atoms with Crippen molar-refractivity contribution in [2.75, 3.05) is 13.1 Å². The highest BCUT2D eigenvalue weighted by Gasteiger charge is 2.19. The lowest BCUT2D eigenvalue weighted by atomic mass is 10.1. The van der Waals surface area contributed by atoms with E-state index in [0.717, 1.165) is 24.4 Å². The van der Waals surface area contributed by atoms with Gasteiger partial charge in [-0.1, -0.05) is 31.4 Å². The Morgan fingerprint density at radius 3 is 2.52 bits per heavy atom. The fraction of sp³-hybridized carbons (Fsp3) is 0.529. The number of hydrogen-bond acceptors (Lipinski definition) is 3. The highest BCUT2D eigenvalue weighted by molar-refractivity contribution is 5.77. The van der Waals surface area contributed by atoms with E-state index in [0.29, 0.717) is 5.39 Å². The van der Waals surface area contributed by atoms with Crippen molar-refractivity contribution in [2.24, 2.45) is 0 Å². The van der Waals surface area contributed by atoms with Crippen molar-refractivity contribution in [2.45, 2.75) is 45.1 Å². The summed E-state index contributed by atoms with van der Waals surface area (Å²) in [5.41, 5.74) is 0.754. The maximum Gasteiger partial charge on any atom is 0.258 e. The minimum absolute atomic E-state index is 0.0329. The highest BCUT2D eigenvalue weighted by atomic mass is 16.1. The van der Waals surface area contributed by atoms with Gasteiger partial charge in [0, 0.05) is 0 Å². The quantitative estimate of drug-likeness (QED) is 0.921. The maximum absolute atomic E-state index is 12.2. The van der Waals surface area contributed by atoms with Crippen molar-refractivity contribution < 1.29 is 0 Å². The molecular formula is C17H23N3O. The Morgan fingerprint density at radius 1 is 1.10 bits per heavy atom. The van der Waals surface area contributed by atoms with Crippen molar-refractivity contribution in [1.29, 1.82) is 0 Å². The van der Waals surface area contributed by atoms with Gasteiger partial charge in [-0.05, 0) is 45.0 Å². The molecule has 1 N–H and O–H groups in total. The van der Waals surface area contributed by atoms with Gasteiger partial charge in [0.2, 0.25) is 0 Å². The Hall–Kier alpha value is -1.68. The van der Waals surface area contributed by atoms with Crippen LogP contribution in [0.4, 0.5) is 0 Å². The van der Waals surface area contributed by atoms with Crippen LogP contribution in [0, 0.1) is 0 Å². The maximum atomic E-state index is 12.2. The summed E-state index contributed by atoms with van der Waals surface area (Å²) >= 11 is 0. The number of likely N-dealkylation sites (tertiary alicyclic amines) is 1. The second-order valence-corrected chi connectivity index (χ2v) is 5.95. The van der Waals surface area contributed by atoms with E-state index in [-0.39, 0.29) is 11.6 Å². The number of aromatic amines is 1. The molecule has 0 amide bonds. The van der Waals surface area contributed by atoms with Crippen molar-refractivity contribution in [3.8, 4) is 0 Å². The molecule has 1 aliphatic heterocycles. The molecule has 1 aromatic carbocycles. The summed E-state index contributed by atoms with van der Waals surface area (Å²) in [4.78, 5) is 22.3. The van der Waals surface area contributed by atoms with Gasteiger partial charge in [0.25, 0.3) is 5.56 Å². The van der Waals surface area contributed by atoms with Gasteiger partial charge < -0.3 is 4.98 Å². The van der Waals surface area contributed by atoms with Gasteiger partial charge in [0.1, 0.15) is 5.82 Å². The number of fused-ring (bicyclic) bond motifs is 1. The van der Waals surface area contributed by atoms with E-state index in [4.69, 9.17) is 0 Å². The van der Waals surface area contributed by atoms with Crippen LogP contribution in [-0.2, 0) is 0 Å². The molecule has 2 heterocycles. The number of hydrogen-bond donors (Lipinski definition) is 1. The van der Waals surface area contributed by atoms with Gasteiger partial charge in [-0.2, -0.15) is 0 Å². The molecule has 1 saturated heterocycles. The fourth-order valence-electron chi connectivity index (χ4n) is 3.13. The molecule has 0 radical (unpaired) electrons. The second kappa shape index (κ2) is 6.39. The van der Waals surface area contributed by atoms with E-state index < -0.39 is 0 Å². The summed E-state index contributed by atoms with van der Waals surface area (Å²) < 4.78 is 0. The lowest BCUT2D eigenvalue weighted by Crippen LogP contribution is -2.32. The summed E-state index contributed by atoms with van der Waals surface area (Å²) in [6, 6.07) is 7.71. The van der Waals surface area contributed by atoms with Crippen LogP contribution in [0.15, 0.2) is 29.1 Å². The first-order valence-corrected chi connectivity index (χ1v) is 7.99. The van der Waals surface area contributed by atoms with Gasteiger partial charge in [-0.15, -0.1) is 0 Å². The third-order valence-electron chi connectivity index (χ3n) is 4.47. The molecule has 0 aliphatic carbocycles. The molecule has 4 heteroatoms. The highest BCUT2D eigenvalue weighted by Crippen LogP contribution is 2.21. The van der Waals surface area contributed by atoms with E-state index in [2.05, 4.69) is 21.8 Å². The second-order valence-electron chi connectivity index (χ2n) is 5.95. The predicted molar refractivity (Wildman–Crippen MR) is 85.4 cm³/mol. The normalized spacial score (nSPS) is 19.1. The molecule has 1 aliphatic rings. The first-order chi connectivity index (χ1) is 10.3. The Balaban J connectivity index is 1.89. The third kappa shape index (κ3) is 3.16. The number of para-hydroxylation sites is 1. The van der Waals surface area contributed by atoms with E-state index in [9.17, 15) is 4.79 Å². The first-order valence-electron chi connectivity index (χ1n) is 7.99. The van der Waals surface area contributed by atoms with Gasteiger partial charge in [-0.25, -0.2) is 4.98 Å². The molecule has 1 fully saturated rings.